The second kappa shape index (κ2) is 11.7. The number of carbonyl (C=O) groups excluding carboxylic acids is 1. The lowest BCUT2D eigenvalue weighted by Crippen LogP contribution is -2.30. The Labute approximate surface area is 111 Å². The molecule has 0 saturated heterocycles. The van der Waals surface area contributed by atoms with Crippen LogP contribution in [0.3, 0.4) is 0 Å². The van der Waals surface area contributed by atoms with Gasteiger partial charge >= 0.3 is 0 Å². The predicted octanol–water partition coefficient (Wildman–Crippen LogP) is 4.16. The Kier molecular flexibility index (Phi) is 7.78. The van der Waals surface area contributed by atoms with Crippen LogP contribution in [0.2, 0.25) is 0 Å². The molecule has 0 fully saturated rings. The van der Waals surface area contributed by atoms with E-state index in [0.717, 1.165) is 51.6 Å². The SMILES string of the molecule is [2H]C([2H])=C([2H])CCCCCCCCC(=O)N(CC)CC. The standard InChI is InChI=1S/C15H29NO/c1-4-7-8-9-10-11-12-13-14-15(17)16(5-2)6-3/h4H,1,5-14H2,2-3H3/i1D2,4D. The molecule has 0 rings (SSSR count). The van der Waals surface area contributed by atoms with Gasteiger partial charge in [0.2, 0.25) is 5.91 Å². The summed E-state index contributed by atoms with van der Waals surface area (Å²) >= 11 is 0. The zero-order chi connectivity index (χ0) is 15.4. The summed E-state index contributed by atoms with van der Waals surface area (Å²) in [5.41, 5.74) is 0. The van der Waals surface area contributed by atoms with E-state index in [-0.39, 0.29) is 18.5 Å². The number of rotatable bonds is 11. The molecule has 1 amide bonds. The van der Waals surface area contributed by atoms with Crippen molar-refractivity contribution in [1.82, 2.24) is 4.90 Å². The first-order chi connectivity index (χ1) is 9.52. The third kappa shape index (κ3) is 8.96. The molecule has 0 aromatic rings. The number of allylic oxidation sites excluding steroid dienone is 1. The Morgan fingerprint density at radius 3 is 2.35 bits per heavy atom. The topological polar surface area (TPSA) is 20.3 Å². The molecule has 0 aromatic carbocycles. The van der Waals surface area contributed by atoms with Gasteiger partial charge in [0.05, 0.1) is 4.11 Å². The van der Waals surface area contributed by atoms with Crippen LogP contribution in [-0.2, 0) is 4.79 Å². The molecule has 0 spiro atoms. The molecule has 17 heavy (non-hydrogen) atoms. The molecule has 0 saturated carbocycles. The van der Waals surface area contributed by atoms with Gasteiger partial charge in [-0.2, -0.15) is 0 Å². The highest BCUT2D eigenvalue weighted by atomic mass is 16.2. The van der Waals surface area contributed by atoms with Gasteiger partial charge in [0, 0.05) is 19.5 Å². The highest BCUT2D eigenvalue weighted by Gasteiger charge is 2.07. The molecule has 0 unspecified atom stereocenters. The van der Waals surface area contributed by atoms with Gasteiger partial charge < -0.3 is 4.90 Å². The highest BCUT2D eigenvalue weighted by Crippen LogP contribution is 2.09. The second-order valence-corrected chi connectivity index (χ2v) is 4.36. The smallest absolute Gasteiger partial charge is 0.222 e. The van der Waals surface area contributed by atoms with Crippen LogP contribution < -0.4 is 0 Å². The van der Waals surface area contributed by atoms with Crippen LogP contribution in [0.25, 0.3) is 0 Å². The number of hydrogen-bond acceptors (Lipinski definition) is 1. The lowest BCUT2D eigenvalue weighted by Gasteiger charge is -2.18. The van der Waals surface area contributed by atoms with Crippen molar-refractivity contribution < 1.29 is 8.91 Å². The first-order valence-electron chi connectivity index (χ1n) is 8.43. The van der Waals surface area contributed by atoms with E-state index in [1.54, 1.807) is 0 Å². The van der Waals surface area contributed by atoms with Gasteiger partial charge in [-0.05, 0) is 33.1 Å². The maximum absolute atomic E-state index is 11.7. The number of nitrogens with zero attached hydrogens (tertiary/aromatic N) is 1. The summed E-state index contributed by atoms with van der Waals surface area (Å²) in [6.45, 7) is 5.25. The minimum absolute atomic E-state index is 0.134. The molecule has 0 aliphatic heterocycles. The van der Waals surface area contributed by atoms with Crippen molar-refractivity contribution in [2.45, 2.75) is 65.2 Å². The van der Waals surface area contributed by atoms with E-state index in [2.05, 4.69) is 0 Å². The van der Waals surface area contributed by atoms with Gasteiger partial charge in [-0.25, -0.2) is 0 Å². The van der Waals surface area contributed by atoms with Gasteiger partial charge in [0.15, 0.2) is 0 Å². The summed E-state index contributed by atoms with van der Waals surface area (Å²) in [4.78, 5) is 13.6. The van der Waals surface area contributed by atoms with E-state index in [1.165, 1.54) is 0 Å². The summed E-state index contributed by atoms with van der Waals surface area (Å²) < 4.78 is 21.3. The fourth-order valence-corrected chi connectivity index (χ4v) is 1.93. The molecular weight excluding hydrogens is 210 g/mol. The largest absolute Gasteiger partial charge is 0.343 e. The summed E-state index contributed by atoms with van der Waals surface area (Å²) in [7, 11) is 0. The molecule has 0 atom stereocenters. The van der Waals surface area contributed by atoms with Crippen LogP contribution in [-0.4, -0.2) is 23.9 Å². The lowest BCUT2D eigenvalue weighted by molar-refractivity contribution is -0.130. The van der Waals surface area contributed by atoms with Crippen LogP contribution >= 0.6 is 0 Å². The van der Waals surface area contributed by atoms with Gasteiger partial charge in [0.25, 0.3) is 0 Å². The highest BCUT2D eigenvalue weighted by molar-refractivity contribution is 5.75. The van der Waals surface area contributed by atoms with Gasteiger partial charge in [-0.1, -0.05) is 31.7 Å². The average molecular weight is 242 g/mol. The molecule has 2 nitrogen and oxygen atoms in total. The van der Waals surface area contributed by atoms with E-state index in [4.69, 9.17) is 4.11 Å². The molecule has 0 aromatic heterocycles. The van der Waals surface area contributed by atoms with Crippen molar-refractivity contribution >= 4 is 5.91 Å². The zero-order valence-electron chi connectivity index (χ0n) is 14.4. The summed E-state index contributed by atoms with van der Waals surface area (Å²) in [5, 5.41) is 0. The number of amides is 1. The normalized spacial score (nSPS) is 12.5. The quantitative estimate of drug-likeness (QED) is 0.393. The molecule has 2 heteroatoms. The van der Waals surface area contributed by atoms with E-state index >= 15 is 0 Å². The van der Waals surface area contributed by atoms with E-state index in [9.17, 15) is 4.79 Å². The molecule has 0 bridgehead atoms. The van der Waals surface area contributed by atoms with Crippen LogP contribution in [0.1, 0.15) is 69.3 Å². The first-order valence-corrected chi connectivity index (χ1v) is 6.93. The molecule has 0 N–H and O–H groups in total. The minimum Gasteiger partial charge on any atom is -0.343 e. The molecule has 0 aliphatic carbocycles. The number of unbranched alkanes of at least 4 members (excludes halogenated alkanes) is 5. The summed E-state index contributed by atoms with van der Waals surface area (Å²) in [6, 6.07) is 0.134. The van der Waals surface area contributed by atoms with Crippen molar-refractivity contribution in [2.24, 2.45) is 0 Å². The minimum atomic E-state index is -0.361. The Bertz CT molecular complexity index is 297. The first kappa shape index (κ1) is 11.3. The molecule has 100 valence electrons. The third-order valence-corrected chi connectivity index (χ3v) is 3.06. The maximum atomic E-state index is 11.7. The molecular formula is C15H29NO. The predicted molar refractivity (Wildman–Crippen MR) is 75.1 cm³/mol. The van der Waals surface area contributed by atoms with Crippen LogP contribution in [0, 0.1) is 0 Å². The Hall–Kier alpha value is -0.790. The third-order valence-electron chi connectivity index (χ3n) is 3.06. The van der Waals surface area contributed by atoms with Gasteiger partial charge in [-0.3, -0.25) is 4.79 Å². The van der Waals surface area contributed by atoms with Crippen LogP contribution in [0.5, 0.6) is 0 Å². The molecule has 0 heterocycles. The fourth-order valence-electron chi connectivity index (χ4n) is 1.93. The average Bonchev–Trinajstić information content (AvgIpc) is 2.42. The van der Waals surface area contributed by atoms with E-state index in [1.807, 2.05) is 18.7 Å². The summed E-state index contributed by atoms with van der Waals surface area (Å²) in [6.07, 6.45) is 7.40. The van der Waals surface area contributed by atoms with Crippen LogP contribution in [0.4, 0.5) is 0 Å². The van der Waals surface area contributed by atoms with Crippen molar-refractivity contribution in [2.75, 3.05) is 13.1 Å². The van der Waals surface area contributed by atoms with Crippen molar-refractivity contribution in [3.05, 3.63) is 12.6 Å². The second-order valence-electron chi connectivity index (χ2n) is 4.36. The van der Waals surface area contributed by atoms with Gasteiger partial charge in [0.1, 0.15) is 0 Å². The zero-order valence-corrected chi connectivity index (χ0v) is 11.4. The maximum Gasteiger partial charge on any atom is 0.222 e. The van der Waals surface area contributed by atoms with E-state index in [0.29, 0.717) is 12.8 Å². The Morgan fingerprint density at radius 1 is 1.18 bits per heavy atom. The monoisotopic (exact) mass is 242 g/mol. The lowest BCUT2D eigenvalue weighted by atomic mass is 10.1. The summed E-state index contributed by atoms with van der Waals surface area (Å²) in [5.74, 6) is 0.261. The molecule has 0 aliphatic rings. The Balaban J connectivity index is 3.46. The number of carbonyl (C=O) groups is 1. The van der Waals surface area contributed by atoms with Crippen molar-refractivity contribution in [3.8, 4) is 0 Å². The van der Waals surface area contributed by atoms with Crippen molar-refractivity contribution in [3.63, 3.8) is 0 Å². The fraction of sp³-hybridized carbons (Fsp3) is 0.800. The van der Waals surface area contributed by atoms with E-state index < -0.39 is 0 Å². The van der Waals surface area contributed by atoms with Gasteiger partial charge in [-0.15, -0.1) is 6.53 Å². The van der Waals surface area contributed by atoms with Crippen molar-refractivity contribution in [1.29, 1.82) is 0 Å². The molecule has 0 radical (unpaired) electrons. The Morgan fingerprint density at radius 2 is 1.76 bits per heavy atom. The van der Waals surface area contributed by atoms with Crippen LogP contribution in [0.15, 0.2) is 12.6 Å². The number of hydrogen-bond donors (Lipinski definition) is 0.